The van der Waals surface area contributed by atoms with Gasteiger partial charge in [0.2, 0.25) is 0 Å². The van der Waals surface area contributed by atoms with Gasteiger partial charge >= 0.3 is 0 Å². The molecule has 0 fully saturated rings. The second-order valence-corrected chi connectivity index (χ2v) is 5.75. The van der Waals surface area contributed by atoms with Crippen molar-refractivity contribution in [2.45, 2.75) is 13.0 Å². The van der Waals surface area contributed by atoms with Gasteiger partial charge in [-0.05, 0) is 37.3 Å². The standard InChI is InChI=1S/C20H19N3O4/c1-13(27-18-7-3-5-14-6-4-10-21-19(14)18)20(25)23-22-12-15-11-16(26-2)8-9-17(15)24/h3-13,24H,1-2H3,(H,23,25)/b22-12+/t13-/m0/s1. The summed E-state index contributed by atoms with van der Waals surface area (Å²) in [6, 6.07) is 14.0. The number of carbonyl (C=O) groups excluding carboxylic acids is 1. The van der Waals surface area contributed by atoms with E-state index in [2.05, 4.69) is 15.5 Å². The normalized spacial score (nSPS) is 12.1. The van der Waals surface area contributed by atoms with E-state index in [1.54, 1.807) is 31.3 Å². The molecule has 1 amide bonds. The van der Waals surface area contributed by atoms with Crippen LogP contribution in [0.25, 0.3) is 10.9 Å². The molecule has 0 aliphatic rings. The molecule has 1 aromatic heterocycles. The molecule has 0 unspecified atom stereocenters. The zero-order valence-electron chi connectivity index (χ0n) is 14.9. The second-order valence-electron chi connectivity index (χ2n) is 5.75. The maximum Gasteiger partial charge on any atom is 0.280 e. The van der Waals surface area contributed by atoms with Gasteiger partial charge in [-0.25, -0.2) is 5.43 Å². The molecule has 3 rings (SSSR count). The largest absolute Gasteiger partial charge is 0.507 e. The number of methoxy groups -OCH3 is 1. The average molecular weight is 365 g/mol. The third-order valence-electron chi connectivity index (χ3n) is 3.88. The molecule has 0 aliphatic heterocycles. The quantitative estimate of drug-likeness (QED) is 0.518. The SMILES string of the molecule is COc1ccc(O)c(/C=N/NC(=O)[C@H](C)Oc2cccc3cccnc23)c1. The number of aromatic hydroxyl groups is 1. The van der Waals surface area contributed by atoms with Gasteiger partial charge in [0.15, 0.2) is 6.10 Å². The molecule has 0 saturated carbocycles. The van der Waals surface area contributed by atoms with E-state index >= 15 is 0 Å². The predicted octanol–water partition coefficient (Wildman–Crippen LogP) is 2.87. The van der Waals surface area contributed by atoms with Crippen molar-refractivity contribution in [1.82, 2.24) is 10.4 Å². The van der Waals surface area contributed by atoms with Crippen molar-refractivity contribution in [1.29, 1.82) is 0 Å². The summed E-state index contributed by atoms with van der Waals surface area (Å²) in [7, 11) is 1.52. The summed E-state index contributed by atoms with van der Waals surface area (Å²) in [5.41, 5.74) is 3.50. The van der Waals surface area contributed by atoms with Crippen molar-refractivity contribution >= 4 is 23.0 Å². The summed E-state index contributed by atoms with van der Waals surface area (Å²) >= 11 is 0. The van der Waals surface area contributed by atoms with E-state index in [4.69, 9.17) is 9.47 Å². The van der Waals surface area contributed by atoms with Crippen LogP contribution in [0.1, 0.15) is 12.5 Å². The minimum atomic E-state index is -0.784. The number of phenols is 1. The number of benzene rings is 2. The Bertz CT molecular complexity index is 983. The topological polar surface area (TPSA) is 93.0 Å². The predicted molar refractivity (Wildman–Crippen MR) is 102 cm³/mol. The highest BCUT2D eigenvalue weighted by molar-refractivity contribution is 5.87. The molecule has 0 aliphatic carbocycles. The van der Waals surface area contributed by atoms with Crippen molar-refractivity contribution < 1.29 is 19.4 Å². The monoisotopic (exact) mass is 365 g/mol. The number of ether oxygens (including phenoxy) is 2. The lowest BCUT2D eigenvalue weighted by Crippen LogP contribution is -2.33. The Hall–Kier alpha value is -3.61. The van der Waals surface area contributed by atoms with E-state index in [0.717, 1.165) is 5.39 Å². The van der Waals surface area contributed by atoms with Crippen LogP contribution in [0.3, 0.4) is 0 Å². The van der Waals surface area contributed by atoms with Crippen molar-refractivity contribution in [3.05, 3.63) is 60.3 Å². The molecule has 0 spiro atoms. The number of carbonyl (C=O) groups is 1. The number of aromatic nitrogens is 1. The van der Waals surface area contributed by atoms with Crippen molar-refractivity contribution in [3.63, 3.8) is 0 Å². The fraction of sp³-hybridized carbons (Fsp3) is 0.150. The minimum absolute atomic E-state index is 0.0277. The van der Waals surface area contributed by atoms with Crippen LogP contribution in [0, 0.1) is 0 Å². The van der Waals surface area contributed by atoms with Crippen LogP contribution in [0.15, 0.2) is 59.8 Å². The summed E-state index contributed by atoms with van der Waals surface area (Å²) in [6.45, 7) is 1.62. The van der Waals surface area contributed by atoms with Crippen LogP contribution >= 0.6 is 0 Å². The number of hydrazone groups is 1. The van der Waals surface area contributed by atoms with E-state index < -0.39 is 12.0 Å². The number of hydrogen-bond donors (Lipinski definition) is 2. The molecule has 1 atom stereocenters. The lowest BCUT2D eigenvalue weighted by molar-refractivity contribution is -0.127. The summed E-state index contributed by atoms with van der Waals surface area (Å²) in [4.78, 5) is 16.5. The van der Waals surface area contributed by atoms with Gasteiger partial charge in [-0.3, -0.25) is 9.78 Å². The van der Waals surface area contributed by atoms with Crippen molar-refractivity contribution in [2.75, 3.05) is 7.11 Å². The van der Waals surface area contributed by atoms with E-state index in [0.29, 0.717) is 22.6 Å². The van der Waals surface area contributed by atoms with Crippen LogP contribution in [0.5, 0.6) is 17.2 Å². The molecule has 3 aromatic rings. The fourth-order valence-corrected chi connectivity index (χ4v) is 2.43. The number of pyridine rings is 1. The van der Waals surface area contributed by atoms with Gasteiger partial charge < -0.3 is 14.6 Å². The summed E-state index contributed by atoms with van der Waals surface area (Å²) in [5.74, 6) is 0.687. The number of nitrogens with zero attached hydrogens (tertiary/aromatic N) is 2. The highest BCUT2D eigenvalue weighted by Crippen LogP contribution is 2.24. The molecule has 7 nitrogen and oxygen atoms in total. The maximum absolute atomic E-state index is 12.2. The highest BCUT2D eigenvalue weighted by atomic mass is 16.5. The average Bonchev–Trinajstić information content (AvgIpc) is 2.69. The molecule has 0 bridgehead atoms. The van der Waals surface area contributed by atoms with E-state index in [1.165, 1.54) is 19.4 Å². The van der Waals surface area contributed by atoms with Crippen LogP contribution in [-0.2, 0) is 4.79 Å². The Balaban J connectivity index is 1.66. The van der Waals surface area contributed by atoms with Gasteiger partial charge in [0.1, 0.15) is 22.8 Å². The first kappa shape index (κ1) is 18.2. The Kier molecular flexibility index (Phi) is 5.51. The first-order valence-corrected chi connectivity index (χ1v) is 8.29. The Labute approximate surface area is 156 Å². The molecule has 2 N–H and O–H groups in total. The van der Waals surface area contributed by atoms with Gasteiger partial charge in [0, 0.05) is 17.1 Å². The minimum Gasteiger partial charge on any atom is -0.507 e. The number of hydrogen-bond acceptors (Lipinski definition) is 6. The molecule has 0 radical (unpaired) electrons. The molecule has 138 valence electrons. The first-order valence-electron chi connectivity index (χ1n) is 8.29. The van der Waals surface area contributed by atoms with Gasteiger partial charge in [-0.2, -0.15) is 5.10 Å². The Morgan fingerprint density at radius 3 is 2.89 bits per heavy atom. The number of para-hydroxylation sites is 1. The summed E-state index contributed by atoms with van der Waals surface area (Å²) in [5, 5.41) is 14.6. The zero-order chi connectivity index (χ0) is 19.2. The van der Waals surface area contributed by atoms with Crippen molar-refractivity contribution in [2.24, 2.45) is 5.10 Å². The molecule has 1 heterocycles. The maximum atomic E-state index is 12.2. The summed E-state index contributed by atoms with van der Waals surface area (Å²) in [6.07, 6.45) is 2.22. The van der Waals surface area contributed by atoms with Gasteiger partial charge in [-0.1, -0.05) is 18.2 Å². The molecule has 0 saturated heterocycles. The molecular weight excluding hydrogens is 346 g/mol. The summed E-state index contributed by atoms with van der Waals surface area (Å²) < 4.78 is 10.8. The van der Waals surface area contributed by atoms with Gasteiger partial charge in [-0.15, -0.1) is 0 Å². The molecule has 2 aromatic carbocycles. The third kappa shape index (κ3) is 4.33. The molecular formula is C20H19N3O4. The lowest BCUT2D eigenvalue weighted by Gasteiger charge is -2.14. The van der Waals surface area contributed by atoms with Crippen molar-refractivity contribution in [3.8, 4) is 17.2 Å². The van der Waals surface area contributed by atoms with E-state index in [-0.39, 0.29) is 5.75 Å². The lowest BCUT2D eigenvalue weighted by atomic mass is 10.2. The van der Waals surface area contributed by atoms with Crippen LogP contribution in [-0.4, -0.2) is 35.4 Å². The third-order valence-corrected chi connectivity index (χ3v) is 3.88. The highest BCUT2D eigenvalue weighted by Gasteiger charge is 2.15. The van der Waals surface area contributed by atoms with Crippen LogP contribution in [0.4, 0.5) is 0 Å². The number of rotatable bonds is 6. The second kappa shape index (κ2) is 8.18. The number of phenolic OH excluding ortho intramolecular Hbond substituents is 1. The van der Waals surface area contributed by atoms with Gasteiger partial charge in [0.05, 0.1) is 13.3 Å². The Morgan fingerprint density at radius 1 is 1.26 bits per heavy atom. The fourth-order valence-electron chi connectivity index (χ4n) is 2.43. The molecule has 27 heavy (non-hydrogen) atoms. The van der Waals surface area contributed by atoms with Crippen LogP contribution < -0.4 is 14.9 Å². The smallest absolute Gasteiger partial charge is 0.280 e. The Morgan fingerprint density at radius 2 is 2.07 bits per heavy atom. The van der Waals surface area contributed by atoms with Crippen LogP contribution in [0.2, 0.25) is 0 Å². The molecule has 7 heteroatoms. The van der Waals surface area contributed by atoms with Gasteiger partial charge in [0.25, 0.3) is 5.91 Å². The number of amides is 1. The van der Waals surface area contributed by atoms with E-state index in [9.17, 15) is 9.90 Å². The van der Waals surface area contributed by atoms with E-state index in [1.807, 2.05) is 24.3 Å². The zero-order valence-corrected chi connectivity index (χ0v) is 14.9. The number of nitrogens with one attached hydrogen (secondary N) is 1. The number of fused-ring (bicyclic) bond motifs is 1. The first-order chi connectivity index (χ1) is 13.1.